The molecule has 0 saturated carbocycles. The average Bonchev–Trinajstić information content (AvgIpc) is 2.24. The highest BCUT2D eigenvalue weighted by Crippen LogP contribution is 1.98. The van der Waals surface area contributed by atoms with Crippen molar-refractivity contribution in [1.82, 2.24) is 5.32 Å². The predicted octanol–water partition coefficient (Wildman–Crippen LogP) is 1.13. The molecule has 0 aromatic heterocycles. The van der Waals surface area contributed by atoms with E-state index in [4.69, 9.17) is 15.3 Å². The number of nitrogens with two attached hydrogens (primary N) is 1. The van der Waals surface area contributed by atoms with Crippen LogP contribution in [0.15, 0.2) is 35.3 Å². The summed E-state index contributed by atoms with van der Waals surface area (Å²) in [5.74, 6) is 0.377. The Labute approximate surface area is 93.9 Å². The van der Waals surface area contributed by atoms with Crippen molar-refractivity contribution in [2.45, 2.75) is 13.3 Å². The number of benzene rings is 1. The van der Waals surface area contributed by atoms with Crippen LogP contribution in [0.2, 0.25) is 0 Å². The minimum absolute atomic E-state index is 0.0489. The first-order chi connectivity index (χ1) is 8.40. The van der Waals surface area contributed by atoms with E-state index in [-0.39, 0.29) is 29.9 Å². The summed E-state index contributed by atoms with van der Waals surface area (Å²) in [5.41, 5.74) is 6.18. The molecule has 4 heteroatoms. The molecular formula is C11H16N4. The summed E-state index contributed by atoms with van der Waals surface area (Å²) in [6.45, 7) is 1.93. The zero-order chi connectivity index (χ0) is 13.7. The summed E-state index contributed by atoms with van der Waals surface area (Å²) in [4.78, 5) is 4.00. The number of nitrogens with one attached hydrogen (secondary N) is 2. The van der Waals surface area contributed by atoms with Crippen molar-refractivity contribution in [2.24, 2.45) is 10.7 Å². The second-order valence-corrected chi connectivity index (χ2v) is 3.01. The van der Waals surface area contributed by atoms with Gasteiger partial charge in [0.05, 0.1) is 9.95 Å². The van der Waals surface area contributed by atoms with Crippen LogP contribution in [0.1, 0.15) is 16.6 Å². The molecule has 1 aromatic rings. The summed E-state index contributed by atoms with van der Waals surface area (Å²) >= 11 is 0. The quantitative estimate of drug-likeness (QED) is 0.513. The van der Waals surface area contributed by atoms with Crippen molar-refractivity contribution in [3.8, 4) is 0 Å². The molecule has 80 valence electrons. The fourth-order valence-corrected chi connectivity index (χ4v) is 1.01. The molecule has 0 saturated heterocycles. The number of guanidine groups is 1. The topological polar surface area (TPSA) is 74.3 Å². The number of hydrogen-bond acceptors (Lipinski definition) is 2. The molecule has 4 nitrogen and oxygen atoms in total. The van der Waals surface area contributed by atoms with E-state index in [2.05, 4.69) is 10.3 Å². The standard InChI is InChI=1S/C11H16N4/c1-9(12)15-11(13)14-8-7-10-5-3-2-4-6-10/h2-6H,7-8H2,1H3,(H4,12,13,14,15)/i2D,3D,6D. The van der Waals surface area contributed by atoms with Gasteiger partial charge in [-0.1, -0.05) is 30.3 Å². The molecule has 0 radical (unpaired) electrons. The van der Waals surface area contributed by atoms with E-state index < -0.39 is 0 Å². The van der Waals surface area contributed by atoms with Crippen molar-refractivity contribution in [1.29, 1.82) is 5.41 Å². The zero-order valence-electron chi connectivity index (χ0n) is 11.6. The van der Waals surface area contributed by atoms with Gasteiger partial charge in [-0.3, -0.25) is 10.4 Å². The van der Waals surface area contributed by atoms with Gasteiger partial charge in [0.1, 0.15) is 0 Å². The van der Waals surface area contributed by atoms with Crippen LogP contribution in [0.4, 0.5) is 0 Å². The second-order valence-electron chi connectivity index (χ2n) is 3.01. The Hall–Kier alpha value is -1.84. The predicted molar refractivity (Wildman–Crippen MR) is 63.2 cm³/mol. The maximum atomic E-state index is 7.67. The molecule has 15 heavy (non-hydrogen) atoms. The molecule has 0 spiro atoms. The Morgan fingerprint density at radius 1 is 1.67 bits per heavy atom. The van der Waals surface area contributed by atoms with Gasteiger partial charge in [-0.2, -0.15) is 0 Å². The Morgan fingerprint density at radius 3 is 3.20 bits per heavy atom. The van der Waals surface area contributed by atoms with Gasteiger partial charge in [-0.05, 0) is 18.9 Å². The van der Waals surface area contributed by atoms with Gasteiger partial charge in [-0.25, -0.2) is 0 Å². The van der Waals surface area contributed by atoms with E-state index in [1.165, 1.54) is 12.1 Å². The fraction of sp³-hybridized carbons (Fsp3) is 0.273. The van der Waals surface area contributed by atoms with Crippen LogP contribution in [0.25, 0.3) is 0 Å². The highest BCUT2D eigenvalue weighted by atomic mass is 15.1. The summed E-state index contributed by atoms with van der Waals surface area (Å²) in [7, 11) is 0. The van der Waals surface area contributed by atoms with E-state index in [0.717, 1.165) is 0 Å². The first-order valence-electron chi connectivity index (χ1n) is 6.09. The highest BCUT2D eigenvalue weighted by molar-refractivity contribution is 5.96. The number of rotatable bonds is 3. The van der Waals surface area contributed by atoms with Crippen molar-refractivity contribution in [3.05, 3.63) is 35.8 Å². The number of amidine groups is 1. The molecule has 0 aliphatic carbocycles. The van der Waals surface area contributed by atoms with Crippen LogP contribution in [0.5, 0.6) is 0 Å². The molecule has 1 aromatic carbocycles. The monoisotopic (exact) mass is 207 g/mol. The van der Waals surface area contributed by atoms with E-state index >= 15 is 0 Å². The molecule has 0 unspecified atom stereocenters. The molecule has 0 heterocycles. The number of hydrogen-bond donors (Lipinski definition) is 3. The van der Waals surface area contributed by atoms with Gasteiger partial charge < -0.3 is 11.1 Å². The van der Waals surface area contributed by atoms with E-state index in [1.54, 1.807) is 6.92 Å². The summed E-state index contributed by atoms with van der Waals surface area (Å²) in [6.07, 6.45) is 0.477. The molecule has 1 rings (SSSR count). The number of aliphatic imine (C=N–C) groups is 1. The normalized spacial score (nSPS) is 13.9. The van der Waals surface area contributed by atoms with Crippen LogP contribution in [-0.2, 0) is 6.42 Å². The molecule has 0 bridgehead atoms. The summed E-state index contributed by atoms with van der Waals surface area (Å²) < 4.78 is 22.6. The SMILES string of the molecule is [2H]c1cc([2H])c(CCN=C(N)NC(C)=N)cc1[2H]. The fourth-order valence-electron chi connectivity index (χ4n) is 1.01. The lowest BCUT2D eigenvalue weighted by molar-refractivity contribution is 0.955. The lowest BCUT2D eigenvalue weighted by atomic mass is 10.2. The van der Waals surface area contributed by atoms with Crippen molar-refractivity contribution < 1.29 is 4.11 Å². The third kappa shape index (κ3) is 4.81. The molecule has 4 N–H and O–H groups in total. The van der Waals surface area contributed by atoms with Crippen LogP contribution < -0.4 is 11.1 Å². The van der Waals surface area contributed by atoms with Crippen LogP contribution >= 0.6 is 0 Å². The Kier molecular flexibility index (Phi) is 2.88. The van der Waals surface area contributed by atoms with Gasteiger partial charge in [-0.15, -0.1) is 0 Å². The van der Waals surface area contributed by atoms with Gasteiger partial charge >= 0.3 is 0 Å². The molecule has 0 aliphatic rings. The Bertz CT molecular complexity index is 485. The summed E-state index contributed by atoms with van der Waals surface area (Å²) in [5, 5.41) is 9.72. The highest BCUT2D eigenvalue weighted by Gasteiger charge is 1.92. The van der Waals surface area contributed by atoms with Crippen molar-refractivity contribution >= 4 is 11.8 Å². The van der Waals surface area contributed by atoms with Gasteiger partial charge in [0.2, 0.25) is 0 Å². The van der Waals surface area contributed by atoms with E-state index in [0.29, 0.717) is 18.5 Å². The Balaban J connectivity index is 2.64. The third-order valence-electron chi connectivity index (χ3n) is 1.64. The minimum atomic E-state index is 0.0489. The van der Waals surface area contributed by atoms with Gasteiger partial charge in [0.25, 0.3) is 0 Å². The van der Waals surface area contributed by atoms with Crippen LogP contribution in [0, 0.1) is 5.41 Å². The lowest BCUT2D eigenvalue weighted by Crippen LogP contribution is -2.35. The average molecular weight is 207 g/mol. The molecule has 0 fully saturated rings. The van der Waals surface area contributed by atoms with E-state index in [9.17, 15) is 0 Å². The maximum absolute atomic E-state index is 7.67. The molecule has 0 amide bonds. The number of nitrogens with zero attached hydrogens (tertiary/aromatic N) is 1. The third-order valence-corrected chi connectivity index (χ3v) is 1.64. The first kappa shape index (κ1) is 7.45. The van der Waals surface area contributed by atoms with E-state index in [1.807, 2.05) is 0 Å². The second kappa shape index (κ2) is 5.80. The Morgan fingerprint density at radius 2 is 2.47 bits per heavy atom. The largest absolute Gasteiger partial charge is 0.370 e. The first-order valence-corrected chi connectivity index (χ1v) is 4.59. The minimum Gasteiger partial charge on any atom is -0.370 e. The van der Waals surface area contributed by atoms with Crippen LogP contribution in [0.3, 0.4) is 0 Å². The molecule has 0 atom stereocenters. The zero-order valence-corrected chi connectivity index (χ0v) is 8.59. The summed E-state index contributed by atoms with van der Waals surface area (Å²) in [6, 6.07) is 3.25. The van der Waals surface area contributed by atoms with Crippen LogP contribution in [-0.4, -0.2) is 18.3 Å². The van der Waals surface area contributed by atoms with Gasteiger partial charge in [0.15, 0.2) is 5.96 Å². The van der Waals surface area contributed by atoms with Gasteiger partial charge in [0, 0.05) is 6.54 Å². The lowest BCUT2D eigenvalue weighted by Gasteiger charge is -2.02. The van der Waals surface area contributed by atoms with Crippen molar-refractivity contribution in [2.75, 3.05) is 6.54 Å². The maximum Gasteiger partial charge on any atom is 0.194 e. The molecule has 0 aliphatic heterocycles. The smallest absolute Gasteiger partial charge is 0.194 e. The molecular weight excluding hydrogens is 188 g/mol. The van der Waals surface area contributed by atoms with Crippen molar-refractivity contribution in [3.63, 3.8) is 0 Å².